The summed E-state index contributed by atoms with van der Waals surface area (Å²) in [4.78, 5) is 0. The van der Waals surface area contributed by atoms with Crippen LogP contribution in [0.4, 0.5) is 0 Å². The number of rotatable bonds is 8. The maximum atomic E-state index is 8.89. The second-order valence-corrected chi connectivity index (χ2v) is 4.97. The highest BCUT2D eigenvalue weighted by Gasteiger charge is 2.07. The number of nitrogens with zero attached hydrogens (tertiary/aromatic N) is 1. The second-order valence-electron chi connectivity index (χ2n) is 4.97. The SMILES string of the molecule is CCCNCc1cn(CCCCO)c2ccccc12. The van der Waals surface area contributed by atoms with Crippen molar-refractivity contribution in [3.63, 3.8) is 0 Å². The van der Waals surface area contributed by atoms with Crippen LogP contribution in [0.15, 0.2) is 30.5 Å². The van der Waals surface area contributed by atoms with Crippen LogP contribution in [0.25, 0.3) is 10.9 Å². The molecule has 0 unspecified atom stereocenters. The van der Waals surface area contributed by atoms with Crippen LogP contribution in [0.3, 0.4) is 0 Å². The molecule has 0 amide bonds. The Hall–Kier alpha value is -1.32. The van der Waals surface area contributed by atoms with Crippen LogP contribution < -0.4 is 5.32 Å². The number of aliphatic hydroxyl groups is 1. The van der Waals surface area contributed by atoms with E-state index in [1.165, 1.54) is 16.5 Å². The molecule has 0 aliphatic heterocycles. The number of aromatic nitrogens is 1. The van der Waals surface area contributed by atoms with E-state index in [2.05, 4.69) is 47.3 Å². The number of hydrogen-bond acceptors (Lipinski definition) is 2. The average molecular weight is 260 g/mol. The monoisotopic (exact) mass is 260 g/mol. The normalized spacial score (nSPS) is 11.3. The lowest BCUT2D eigenvalue weighted by Crippen LogP contribution is -2.13. The molecular weight excluding hydrogens is 236 g/mol. The molecule has 0 aliphatic carbocycles. The summed E-state index contributed by atoms with van der Waals surface area (Å²) in [5.74, 6) is 0. The van der Waals surface area contributed by atoms with Gasteiger partial charge in [0.2, 0.25) is 0 Å². The molecule has 104 valence electrons. The summed E-state index contributed by atoms with van der Waals surface area (Å²) < 4.78 is 2.31. The molecule has 3 nitrogen and oxygen atoms in total. The summed E-state index contributed by atoms with van der Waals surface area (Å²) >= 11 is 0. The summed E-state index contributed by atoms with van der Waals surface area (Å²) in [7, 11) is 0. The number of unbranched alkanes of at least 4 members (excludes halogenated alkanes) is 1. The molecule has 1 heterocycles. The predicted octanol–water partition coefficient (Wildman–Crippen LogP) is 2.91. The third kappa shape index (κ3) is 3.58. The lowest BCUT2D eigenvalue weighted by molar-refractivity contribution is 0.281. The first-order valence-corrected chi connectivity index (χ1v) is 7.25. The minimum atomic E-state index is 0.282. The Bertz CT molecular complexity index is 460. The Morgan fingerprint density at radius 2 is 2.05 bits per heavy atom. The van der Waals surface area contributed by atoms with Crippen LogP contribution in [0.1, 0.15) is 31.7 Å². The van der Waals surface area contributed by atoms with E-state index in [4.69, 9.17) is 5.11 Å². The first-order chi connectivity index (χ1) is 9.36. The molecular formula is C16H24N2O. The summed E-state index contributed by atoms with van der Waals surface area (Å²) in [5, 5.41) is 13.7. The molecule has 0 bridgehead atoms. The van der Waals surface area contributed by atoms with Gasteiger partial charge in [-0.05, 0) is 37.4 Å². The molecule has 2 rings (SSSR count). The van der Waals surface area contributed by atoms with E-state index in [0.29, 0.717) is 0 Å². The standard InChI is InChI=1S/C16H24N2O/c1-2-9-17-12-14-13-18(10-5-6-11-19)16-8-4-3-7-15(14)16/h3-4,7-8,13,17,19H,2,5-6,9-12H2,1H3. The van der Waals surface area contributed by atoms with Crippen molar-refractivity contribution in [1.82, 2.24) is 9.88 Å². The Labute approximate surface area is 115 Å². The zero-order valence-corrected chi connectivity index (χ0v) is 11.7. The van der Waals surface area contributed by atoms with Crippen molar-refractivity contribution >= 4 is 10.9 Å². The third-order valence-electron chi connectivity index (χ3n) is 3.42. The molecule has 1 aromatic carbocycles. The predicted molar refractivity (Wildman–Crippen MR) is 80.3 cm³/mol. The zero-order valence-electron chi connectivity index (χ0n) is 11.7. The van der Waals surface area contributed by atoms with Gasteiger partial charge in [-0.25, -0.2) is 0 Å². The van der Waals surface area contributed by atoms with Gasteiger partial charge in [0.15, 0.2) is 0 Å². The van der Waals surface area contributed by atoms with Gasteiger partial charge in [-0.1, -0.05) is 25.1 Å². The number of fused-ring (bicyclic) bond motifs is 1. The largest absolute Gasteiger partial charge is 0.396 e. The molecule has 19 heavy (non-hydrogen) atoms. The van der Waals surface area contributed by atoms with Gasteiger partial charge in [-0.15, -0.1) is 0 Å². The number of aliphatic hydroxyl groups excluding tert-OH is 1. The molecule has 0 saturated carbocycles. The summed E-state index contributed by atoms with van der Waals surface area (Å²) in [6.45, 7) is 5.44. The van der Waals surface area contributed by atoms with Crippen molar-refractivity contribution in [3.8, 4) is 0 Å². The number of benzene rings is 1. The third-order valence-corrected chi connectivity index (χ3v) is 3.42. The van der Waals surface area contributed by atoms with Gasteiger partial charge in [0.1, 0.15) is 0 Å². The molecule has 0 atom stereocenters. The van der Waals surface area contributed by atoms with E-state index in [1.807, 2.05) is 0 Å². The topological polar surface area (TPSA) is 37.2 Å². The Balaban J connectivity index is 2.16. The molecule has 0 spiro atoms. The molecule has 0 aliphatic rings. The fourth-order valence-electron chi connectivity index (χ4n) is 2.44. The highest BCUT2D eigenvalue weighted by Crippen LogP contribution is 2.21. The highest BCUT2D eigenvalue weighted by atomic mass is 16.2. The van der Waals surface area contributed by atoms with Crippen LogP contribution >= 0.6 is 0 Å². The maximum absolute atomic E-state index is 8.89. The van der Waals surface area contributed by atoms with Gasteiger partial charge in [0, 0.05) is 36.8 Å². The molecule has 0 radical (unpaired) electrons. The van der Waals surface area contributed by atoms with Gasteiger partial charge in [-0.2, -0.15) is 0 Å². The van der Waals surface area contributed by atoms with Crippen LogP contribution in [0.5, 0.6) is 0 Å². The minimum absolute atomic E-state index is 0.282. The Morgan fingerprint density at radius 3 is 2.84 bits per heavy atom. The Morgan fingerprint density at radius 1 is 1.21 bits per heavy atom. The molecule has 0 saturated heterocycles. The van der Waals surface area contributed by atoms with Crippen molar-refractivity contribution in [2.75, 3.05) is 13.2 Å². The number of nitrogens with one attached hydrogen (secondary N) is 1. The zero-order chi connectivity index (χ0) is 13.5. The molecule has 3 heteroatoms. The van der Waals surface area contributed by atoms with Crippen molar-refractivity contribution in [2.24, 2.45) is 0 Å². The van der Waals surface area contributed by atoms with Gasteiger partial charge in [0.05, 0.1) is 0 Å². The molecule has 2 aromatic rings. The minimum Gasteiger partial charge on any atom is -0.396 e. The maximum Gasteiger partial charge on any atom is 0.0483 e. The van der Waals surface area contributed by atoms with E-state index in [1.54, 1.807) is 0 Å². The smallest absolute Gasteiger partial charge is 0.0483 e. The van der Waals surface area contributed by atoms with E-state index in [9.17, 15) is 0 Å². The van der Waals surface area contributed by atoms with Gasteiger partial charge < -0.3 is 15.0 Å². The molecule has 0 fully saturated rings. The van der Waals surface area contributed by atoms with Gasteiger partial charge in [-0.3, -0.25) is 0 Å². The van der Waals surface area contributed by atoms with E-state index in [0.717, 1.165) is 38.9 Å². The van der Waals surface area contributed by atoms with Crippen LogP contribution in [-0.4, -0.2) is 22.8 Å². The van der Waals surface area contributed by atoms with Gasteiger partial charge >= 0.3 is 0 Å². The Kier molecular flexibility index (Phi) is 5.43. The summed E-state index contributed by atoms with van der Waals surface area (Å²) in [6, 6.07) is 8.57. The summed E-state index contributed by atoms with van der Waals surface area (Å²) in [5.41, 5.74) is 2.67. The van der Waals surface area contributed by atoms with Crippen molar-refractivity contribution in [3.05, 3.63) is 36.0 Å². The summed E-state index contributed by atoms with van der Waals surface area (Å²) in [6.07, 6.45) is 5.31. The molecule has 1 aromatic heterocycles. The van der Waals surface area contributed by atoms with Crippen LogP contribution in [-0.2, 0) is 13.1 Å². The van der Waals surface area contributed by atoms with E-state index in [-0.39, 0.29) is 6.61 Å². The lowest BCUT2D eigenvalue weighted by atomic mass is 10.2. The lowest BCUT2D eigenvalue weighted by Gasteiger charge is -2.03. The van der Waals surface area contributed by atoms with Crippen LogP contribution in [0, 0.1) is 0 Å². The van der Waals surface area contributed by atoms with Gasteiger partial charge in [0.25, 0.3) is 0 Å². The quantitative estimate of drug-likeness (QED) is 0.716. The average Bonchev–Trinajstić information content (AvgIpc) is 2.79. The van der Waals surface area contributed by atoms with Crippen molar-refractivity contribution < 1.29 is 5.11 Å². The number of hydrogen-bond donors (Lipinski definition) is 2. The molecule has 2 N–H and O–H groups in total. The first kappa shape index (κ1) is 14.1. The fourth-order valence-corrected chi connectivity index (χ4v) is 2.44. The van der Waals surface area contributed by atoms with Crippen molar-refractivity contribution in [2.45, 2.75) is 39.3 Å². The highest BCUT2D eigenvalue weighted by molar-refractivity contribution is 5.83. The fraction of sp³-hybridized carbons (Fsp3) is 0.500. The van der Waals surface area contributed by atoms with E-state index >= 15 is 0 Å². The van der Waals surface area contributed by atoms with E-state index < -0.39 is 0 Å². The van der Waals surface area contributed by atoms with Crippen molar-refractivity contribution in [1.29, 1.82) is 0 Å². The number of aryl methyl sites for hydroxylation is 1. The second kappa shape index (κ2) is 7.31. The number of para-hydroxylation sites is 1. The first-order valence-electron chi connectivity index (χ1n) is 7.25. The van der Waals surface area contributed by atoms with Crippen LogP contribution in [0.2, 0.25) is 0 Å².